The van der Waals surface area contributed by atoms with Gasteiger partial charge in [0.15, 0.2) is 0 Å². The molecule has 4 nitrogen and oxygen atoms in total. The Bertz CT molecular complexity index is 936. The predicted octanol–water partition coefficient (Wildman–Crippen LogP) is 5.03. The maximum atomic E-state index is 13.4. The molecule has 2 aromatic carbocycles. The van der Waals surface area contributed by atoms with Crippen molar-refractivity contribution in [2.75, 3.05) is 6.61 Å². The third-order valence-corrected chi connectivity index (χ3v) is 5.41. The summed E-state index contributed by atoms with van der Waals surface area (Å²) < 4.78 is 51.9. The maximum Gasteiger partial charge on any atom is 0.416 e. The van der Waals surface area contributed by atoms with Crippen molar-refractivity contribution in [3.05, 3.63) is 58.1 Å². The summed E-state index contributed by atoms with van der Waals surface area (Å²) in [5, 5.41) is 8.98. The third-order valence-electron chi connectivity index (χ3n) is 5.41. The van der Waals surface area contributed by atoms with Crippen molar-refractivity contribution in [3.63, 3.8) is 0 Å². The van der Waals surface area contributed by atoms with E-state index in [0.717, 1.165) is 5.56 Å². The summed E-state index contributed by atoms with van der Waals surface area (Å²) in [5.41, 5.74) is 1.38. The second-order valence-corrected chi connectivity index (χ2v) is 7.27. The number of fused-ring (bicyclic) bond motifs is 2. The van der Waals surface area contributed by atoms with Gasteiger partial charge in [-0.05, 0) is 42.5 Å². The second-order valence-electron chi connectivity index (χ2n) is 7.27. The standard InChI is InChI=1S/C21H19F3O4/c1-11-2-4-15-16(20(11)21(22,23)24)6-7-17(15)28-13-3-5-14-12(8-19(25)26)10-27-18(14)9-13/h2-5,9,12,17H,6-8,10H2,1H3,(H,25,26)/t12?,17-/m1/s1. The zero-order valence-corrected chi connectivity index (χ0v) is 15.2. The number of carboxylic acids is 1. The van der Waals surface area contributed by atoms with E-state index in [0.29, 0.717) is 42.1 Å². The Kier molecular flexibility index (Phi) is 4.48. The lowest BCUT2D eigenvalue weighted by Gasteiger charge is -2.18. The molecular formula is C21H19F3O4. The zero-order valence-electron chi connectivity index (χ0n) is 15.2. The van der Waals surface area contributed by atoms with Crippen LogP contribution < -0.4 is 9.47 Å². The number of alkyl halides is 3. The van der Waals surface area contributed by atoms with Gasteiger partial charge in [0, 0.05) is 17.5 Å². The molecule has 0 spiro atoms. The number of benzene rings is 2. The second kappa shape index (κ2) is 6.72. The van der Waals surface area contributed by atoms with Gasteiger partial charge in [-0.15, -0.1) is 0 Å². The molecule has 2 aliphatic rings. The lowest BCUT2D eigenvalue weighted by atomic mass is 9.97. The third kappa shape index (κ3) is 3.30. The molecule has 1 aliphatic carbocycles. The van der Waals surface area contributed by atoms with Crippen LogP contribution in [0, 0.1) is 6.92 Å². The monoisotopic (exact) mass is 392 g/mol. The minimum atomic E-state index is -4.38. The summed E-state index contributed by atoms with van der Waals surface area (Å²) >= 11 is 0. The van der Waals surface area contributed by atoms with E-state index < -0.39 is 23.8 Å². The largest absolute Gasteiger partial charge is 0.492 e. The van der Waals surface area contributed by atoms with Crippen LogP contribution in [0.25, 0.3) is 0 Å². The number of ether oxygens (including phenoxy) is 2. The van der Waals surface area contributed by atoms with Crippen molar-refractivity contribution in [3.8, 4) is 11.5 Å². The van der Waals surface area contributed by atoms with Gasteiger partial charge < -0.3 is 14.6 Å². The number of carbonyl (C=O) groups is 1. The lowest BCUT2D eigenvalue weighted by Crippen LogP contribution is -2.12. The molecule has 0 bridgehead atoms. The van der Waals surface area contributed by atoms with Crippen LogP contribution in [-0.2, 0) is 17.4 Å². The van der Waals surface area contributed by atoms with Gasteiger partial charge in [-0.2, -0.15) is 13.2 Å². The molecule has 1 unspecified atom stereocenters. The number of hydrogen-bond acceptors (Lipinski definition) is 3. The zero-order chi connectivity index (χ0) is 20.1. The van der Waals surface area contributed by atoms with Crippen LogP contribution in [0.2, 0.25) is 0 Å². The SMILES string of the molecule is Cc1ccc2c(c1C(F)(F)F)CC[C@H]2Oc1ccc2c(c1)OCC2CC(=O)O. The normalized spacial score (nSPS) is 20.4. The van der Waals surface area contributed by atoms with Gasteiger partial charge in [-0.3, -0.25) is 4.79 Å². The molecule has 1 heterocycles. The summed E-state index contributed by atoms with van der Waals surface area (Å²) in [6, 6.07) is 8.39. The van der Waals surface area contributed by atoms with E-state index in [1.54, 1.807) is 24.3 Å². The molecule has 0 saturated carbocycles. The summed E-state index contributed by atoms with van der Waals surface area (Å²) in [7, 11) is 0. The fourth-order valence-corrected chi connectivity index (χ4v) is 4.17. The molecule has 0 fully saturated rings. The van der Waals surface area contributed by atoms with Gasteiger partial charge in [-0.25, -0.2) is 0 Å². The number of rotatable bonds is 4. The van der Waals surface area contributed by atoms with Crippen LogP contribution in [-0.4, -0.2) is 17.7 Å². The fourth-order valence-electron chi connectivity index (χ4n) is 4.17. The number of aliphatic carboxylic acids is 1. The smallest absolute Gasteiger partial charge is 0.416 e. The Hall–Kier alpha value is -2.70. The Balaban J connectivity index is 1.58. The van der Waals surface area contributed by atoms with Crippen molar-refractivity contribution in [2.24, 2.45) is 0 Å². The molecule has 7 heteroatoms. The highest BCUT2D eigenvalue weighted by atomic mass is 19.4. The van der Waals surface area contributed by atoms with Crippen LogP contribution in [0.4, 0.5) is 13.2 Å². The van der Waals surface area contributed by atoms with E-state index in [1.807, 2.05) is 0 Å². The summed E-state index contributed by atoms with van der Waals surface area (Å²) in [4.78, 5) is 10.9. The van der Waals surface area contributed by atoms with Crippen LogP contribution >= 0.6 is 0 Å². The number of hydrogen-bond donors (Lipinski definition) is 1. The molecule has 1 aliphatic heterocycles. The summed E-state index contributed by atoms with van der Waals surface area (Å²) in [5.74, 6) is -0.0188. The van der Waals surface area contributed by atoms with Gasteiger partial charge in [0.1, 0.15) is 17.6 Å². The average molecular weight is 392 g/mol. The molecule has 0 aromatic heterocycles. The highest BCUT2D eigenvalue weighted by molar-refractivity contribution is 5.68. The summed E-state index contributed by atoms with van der Waals surface area (Å²) in [6.07, 6.45) is -4.06. The first-order chi connectivity index (χ1) is 13.2. The van der Waals surface area contributed by atoms with Crippen LogP contribution in [0.15, 0.2) is 30.3 Å². The fraction of sp³-hybridized carbons (Fsp3) is 0.381. The van der Waals surface area contributed by atoms with E-state index in [9.17, 15) is 18.0 Å². The van der Waals surface area contributed by atoms with E-state index in [2.05, 4.69) is 0 Å². The topological polar surface area (TPSA) is 55.8 Å². The molecule has 2 atom stereocenters. The van der Waals surface area contributed by atoms with E-state index in [1.165, 1.54) is 13.0 Å². The van der Waals surface area contributed by atoms with Crippen molar-refractivity contribution in [1.82, 2.24) is 0 Å². The first kappa shape index (κ1) is 18.7. The van der Waals surface area contributed by atoms with Gasteiger partial charge in [0.05, 0.1) is 18.6 Å². The van der Waals surface area contributed by atoms with Gasteiger partial charge in [0.2, 0.25) is 0 Å². The molecule has 1 N–H and O–H groups in total. The van der Waals surface area contributed by atoms with E-state index in [-0.39, 0.29) is 17.9 Å². The van der Waals surface area contributed by atoms with Crippen molar-refractivity contribution in [1.29, 1.82) is 0 Å². The van der Waals surface area contributed by atoms with Gasteiger partial charge in [0.25, 0.3) is 0 Å². The minimum absolute atomic E-state index is 0.0111. The Morgan fingerprint density at radius 3 is 2.71 bits per heavy atom. The number of halogens is 3. The molecule has 0 radical (unpaired) electrons. The molecule has 148 valence electrons. The Morgan fingerprint density at radius 2 is 2.00 bits per heavy atom. The first-order valence-electron chi connectivity index (χ1n) is 9.09. The molecule has 4 rings (SSSR count). The highest BCUT2D eigenvalue weighted by Crippen LogP contribution is 2.45. The molecule has 0 amide bonds. The number of aryl methyl sites for hydroxylation is 1. The molecule has 28 heavy (non-hydrogen) atoms. The Morgan fingerprint density at radius 1 is 1.25 bits per heavy atom. The van der Waals surface area contributed by atoms with E-state index in [4.69, 9.17) is 14.6 Å². The first-order valence-corrected chi connectivity index (χ1v) is 9.09. The quantitative estimate of drug-likeness (QED) is 0.793. The lowest BCUT2D eigenvalue weighted by molar-refractivity contribution is -0.139. The highest BCUT2D eigenvalue weighted by Gasteiger charge is 2.39. The number of carboxylic acid groups (broad SMARTS) is 1. The molecular weight excluding hydrogens is 373 g/mol. The van der Waals surface area contributed by atoms with Crippen LogP contribution in [0.3, 0.4) is 0 Å². The van der Waals surface area contributed by atoms with Crippen molar-refractivity contribution < 1.29 is 32.5 Å². The predicted molar refractivity (Wildman–Crippen MR) is 94.8 cm³/mol. The van der Waals surface area contributed by atoms with Gasteiger partial charge >= 0.3 is 12.1 Å². The van der Waals surface area contributed by atoms with Crippen molar-refractivity contribution >= 4 is 5.97 Å². The van der Waals surface area contributed by atoms with E-state index >= 15 is 0 Å². The minimum Gasteiger partial charge on any atom is -0.492 e. The molecule has 2 aromatic rings. The maximum absolute atomic E-state index is 13.4. The molecule has 0 saturated heterocycles. The summed E-state index contributed by atoms with van der Waals surface area (Å²) in [6.45, 7) is 1.77. The van der Waals surface area contributed by atoms with Crippen molar-refractivity contribution in [2.45, 2.75) is 44.4 Å². The van der Waals surface area contributed by atoms with Crippen LogP contribution in [0.1, 0.15) is 52.7 Å². The average Bonchev–Trinajstić information content (AvgIpc) is 3.17. The van der Waals surface area contributed by atoms with Crippen LogP contribution in [0.5, 0.6) is 11.5 Å². The Labute approximate surface area is 159 Å². The van der Waals surface area contributed by atoms with Gasteiger partial charge in [-0.1, -0.05) is 18.2 Å².